The van der Waals surface area contributed by atoms with Crippen molar-refractivity contribution < 1.29 is 35.9 Å². The van der Waals surface area contributed by atoms with Crippen molar-refractivity contribution in [3.05, 3.63) is 0 Å². The molecule has 0 N–H and O–H groups in total. The van der Waals surface area contributed by atoms with Gasteiger partial charge in [0.1, 0.15) is 6.10 Å². The summed E-state index contributed by atoms with van der Waals surface area (Å²) in [5.74, 6) is -2.19. The van der Waals surface area contributed by atoms with E-state index in [1.807, 2.05) is 6.92 Å². The molecule has 9 heteroatoms. The third-order valence-corrected chi connectivity index (χ3v) is 4.47. The molecule has 3 atom stereocenters. The van der Waals surface area contributed by atoms with Gasteiger partial charge in [-0.1, -0.05) is 25.4 Å². The lowest BCUT2D eigenvalue weighted by Gasteiger charge is -2.35. The molecule has 1 saturated carbocycles. The van der Waals surface area contributed by atoms with Gasteiger partial charge in [0, 0.05) is 0 Å². The molecule has 1 fully saturated rings. The molecular weight excluding hydrogens is 326 g/mol. The number of hydrogen-bond acceptors (Lipinski definition) is 2. The van der Waals surface area contributed by atoms with Gasteiger partial charge in [0.2, 0.25) is 0 Å². The Bertz CT molecular complexity index is 378. The first-order chi connectivity index (χ1) is 9.30. The van der Waals surface area contributed by atoms with E-state index in [1.165, 1.54) is 0 Å². The number of alkyl halides is 7. The Morgan fingerprint density at radius 2 is 1.48 bits per heavy atom. The maximum absolute atomic E-state index is 12.6. The average molecular weight is 341 g/mol. The van der Waals surface area contributed by atoms with Gasteiger partial charge in [-0.15, -0.1) is 0 Å². The van der Waals surface area contributed by atoms with E-state index in [2.05, 4.69) is 16.3 Å². The Morgan fingerprint density at radius 1 is 1.00 bits per heavy atom. The summed E-state index contributed by atoms with van der Waals surface area (Å²) in [7, 11) is 0. The third kappa shape index (κ3) is 3.57. The summed E-state index contributed by atoms with van der Waals surface area (Å²) in [6.45, 7) is 3.71. The molecule has 1 aliphatic carbocycles. The predicted molar refractivity (Wildman–Crippen MR) is 62.8 cm³/mol. The number of hydrogen-bond donors (Lipinski definition) is 0. The van der Waals surface area contributed by atoms with E-state index >= 15 is 0 Å². The maximum Gasteiger partial charge on any atom is 0.427 e. The minimum absolute atomic E-state index is 0.0399. The molecule has 124 valence electrons. The van der Waals surface area contributed by atoms with Crippen molar-refractivity contribution in [2.75, 3.05) is 0 Å². The van der Waals surface area contributed by atoms with Gasteiger partial charge < -0.3 is 4.74 Å². The van der Waals surface area contributed by atoms with E-state index in [-0.39, 0.29) is 24.7 Å². The van der Waals surface area contributed by atoms with Crippen LogP contribution in [0, 0.1) is 11.8 Å². The highest BCUT2D eigenvalue weighted by Crippen LogP contribution is 2.49. The number of esters is 1. The molecule has 0 spiro atoms. The standard InChI is InChI=1S/C12H15ClF6O2/c1-6-3-4-8(5-7(6)2)21-9(20)10(13,11(14,15)16)12(17,18)19/h6-8H,3-5H2,1-2H3/t6-,7-,8-/m0/s1. The van der Waals surface area contributed by atoms with E-state index < -0.39 is 29.3 Å². The second-order valence-electron chi connectivity index (χ2n) is 5.45. The molecule has 0 amide bonds. The Hall–Kier alpha value is -0.660. The van der Waals surface area contributed by atoms with Crippen molar-refractivity contribution in [1.29, 1.82) is 0 Å². The number of rotatable bonds is 2. The molecule has 21 heavy (non-hydrogen) atoms. The first-order valence-electron chi connectivity index (χ1n) is 6.34. The molecule has 2 nitrogen and oxygen atoms in total. The van der Waals surface area contributed by atoms with E-state index in [1.54, 1.807) is 6.92 Å². The molecular formula is C12H15ClF6O2. The molecule has 0 unspecified atom stereocenters. The minimum atomic E-state index is -5.99. The van der Waals surface area contributed by atoms with Crippen molar-refractivity contribution in [2.45, 2.75) is 56.4 Å². The predicted octanol–water partition coefficient (Wildman–Crippen LogP) is 4.46. The highest BCUT2D eigenvalue weighted by atomic mass is 35.5. The van der Waals surface area contributed by atoms with Gasteiger partial charge in [0.25, 0.3) is 0 Å². The Kier molecular flexibility index (Phi) is 5.12. The quantitative estimate of drug-likeness (QED) is 0.421. The van der Waals surface area contributed by atoms with Crippen LogP contribution in [0.2, 0.25) is 0 Å². The van der Waals surface area contributed by atoms with Gasteiger partial charge in [-0.3, -0.25) is 0 Å². The lowest BCUT2D eigenvalue weighted by molar-refractivity contribution is -0.270. The summed E-state index contributed by atoms with van der Waals surface area (Å²) >= 11 is 4.60. The van der Waals surface area contributed by atoms with Crippen LogP contribution in [0.1, 0.15) is 33.1 Å². The van der Waals surface area contributed by atoms with Crippen LogP contribution in [-0.2, 0) is 9.53 Å². The zero-order valence-corrected chi connectivity index (χ0v) is 12.1. The Morgan fingerprint density at radius 3 is 1.86 bits per heavy atom. The van der Waals surface area contributed by atoms with Gasteiger partial charge >= 0.3 is 23.2 Å². The van der Waals surface area contributed by atoms with Crippen LogP contribution in [0.25, 0.3) is 0 Å². The molecule has 0 aliphatic heterocycles. The molecule has 0 bridgehead atoms. The van der Waals surface area contributed by atoms with Crippen LogP contribution in [0.15, 0.2) is 0 Å². The highest BCUT2D eigenvalue weighted by Gasteiger charge is 2.76. The van der Waals surface area contributed by atoms with Crippen LogP contribution in [0.5, 0.6) is 0 Å². The largest absolute Gasteiger partial charge is 0.461 e. The Labute approximate surface area is 122 Å². The van der Waals surface area contributed by atoms with E-state index in [0.29, 0.717) is 6.42 Å². The molecule has 0 saturated heterocycles. The molecule has 1 rings (SSSR count). The molecule has 0 aromatic heterocycles. The summed E-state index contributed by atoms with van der Waals surface area (Å²) < 4.78 is 80.0. The second-order valence-corrected chi connectivity index (χ2v) is 6.02. The molecule has 0 radical (unpaired) electrons. The van der Waals surface area contributed by atoms with Crippen molar-refractivity contribution >= 4 is 17.6 Å². The van der Waals surface area contributed by atoms with Crippen LogP contribution >= 0.6 is 11.6 Å². The molecule has 1 aliphatic rings. The highest BCUT2D eigenvalue weighted by molar-refractivity contribution is 6.35. The monoisotopic (exact) mass is 340 g/mol. The van der Waals surface area contributed by atoms with Gasteiger partial charge in [-0.05, 0) is 31.1 Å². The number of halogens is 7. The number of carbonyl (C=O) groups is 1. The number of carbonyl (C=O) groups excluding carboxylic acids is 1. The summed E-state index contributed by atoms with van der Waals surface area (Å²) in [5, 5.41) is 0. The smallest absolute Gasteiger partial charge is 0.427 e. The summed E-state index contributed by atoms with van der Waals surface area (Å²) in [6.07, 6.45) is -12.0. The first-order valence-corrected chi connectivity index (χ1v) is 6.72. The summed E-state index contributed by atoms with van der Waals surface area (Å²) in [6, 6.07) is 0. The van der Waals surface area contributed by atoms with Crippen molar-refractivity contribution in [2.24, 2.45) is 11.8 Å². The molecule has 0 aromatic rings. The van der Waals surface area contributed by atoms with E-state index in [4.69, 9.17) is 0 Å². The van der Waals surface area contributed by atoms with Gasteiger partial charge in [-0.2, -0.15) is 26.3 Å². The SMILES string of the molecule is C[C@H]1CC[C@H](OC(=O)C(Cl)(C(F)(F)F)C(F)(F)F)C[C@@H]1C. The normalized spacial score (nSPS) is 28.3. The van der Waals surface area contributed by atoms with Crippen LogP contribution in [0.4, 0.5) is 26.3 Å². The van der Waals surface area contributed by atoms with Gasteiger partial charge in [-0.25, -0.2) is 4.79 Å². The topological polar surface area (TPSA) is 26.3 Å². The molecule has 0 aromatic carbocycles. The maximum atomic E-state index is 12.6. The van der Waals surface area contributed by atoms with Crippen LogP contribution in [0.3, 0.4) is 0 Å². The van der Waals surface area contributed by atoms with Crippen molar-refractivity contribution in [3.63, 3.8) is 0 Å². The lowest BCUT2D eigenvalue weighted by Crippen LogP contribution is -2.59. The number of ether oxygens (including phenoxy) is 1. The fourth-order valence-electron chi connectivity index (χ4n) is 2.23. The van der Waals surface area contributed by atoms with E-state index in [0.717, 1.165) is 0 Å². The van der Waals surface area contributed by atoms with Crippen molar-refractivity contribution in [1.82, 2.24) is 0 Å². The van der Waals surface area contributed by atoms with Crippen LogP contribution in [-0.4, -0.2) is 29.3 Å². The first kappa shape index (κ1) is 18.4. The van der Waals surface area contributed by atoms with E-state index in [9.17, 15) is 31.1 Å². The lowest BCUT2D eigenvalue weighted by atomic mass is 9.80. The second kappa shape index (κ2) is 5.85. The summed E-state index contributed by atoms with van der Waals surface area (Å²) in [5.41, 5.74) is 0. The zero-order valence-electron chi connectivity index (χ0n) is 11.3. The fourth-order valence-corrected chi connectivity index (χ4v) is 2.27. The average Bonchev–Trinajstić information content (AvgIpc) is 2.29. The summed E-state index contributed by atoms with van der Waals surface area (Å²) in [4.78, 5) is 6.40. The third-order valence-electron chi connectivity index (χ3n) is 3.89. The fraction of sp³-hybridized carbons (Fsp3) is 0.917. The van der Waals surface area contributed by atoms with Gasteiger partial charge in [0.15, 0.2) is 0 Å². The van der Waals surface area contributed by atoms with Crippen LogP contribution < -0.4 is 0 Å². The molecule has 0 heterocycles. The van der Waals surface area contributed by atoms with Gasteiger partial charge in [0.05, 0.1) is 0 Å². The minimum Gasteiger partial charge on any atom is -0.461 e. The zero-order chi connectivity index (χ0) is 16.6. The Balaban J connectivity index is 2.89. The van der Waals surface area contributed by atoms with Crippen molar-refractivity contribution in [3.8, 4) is 0 Å².